The van der Waals surface area contributed by atoms with Gasteiger partial charge >= 0.3 is 15.5 Å². The highest BCUT2D eigenvalue weighted by atomic mass is 28.3. The van der Waals surface area contributed by atoms with Gasteiger partial charge in [-0.1, -0.05) is 12.7 Å². The molecule has 0 rings (SSSR count). The van der Waals surface area contributed by atoms with Gasteiger partial charge in [-0.2, -0.15) is 0 Å². The Morgan fingerprint density at radius 3 is 2.00 bits per heavy atom. The molecule has 0 saturated carbocycles. The molecule has 0 atom stereocenters. The number of allylic oxidation sites excluding steroid dienone is 1. The lowest BCUT2D eigenvalue weighted by Crippen LogP contribution is -2.21. The van der Waals surface area contributed by atoms with Crippen LogP contribution in [0.1, 0.15) is 20.3 Å². The van der Waals surface area contributed by atoms with Gasteiger partial charge in [0, 0.05) is 34.0 Å². The molecule has 132 valence electrons. The van der Waals surface area contributed by atoms with Crippen LogP contribution in [0.3, 0.4) is 0 Å². The van der Waals surface area contributed by atoms with Gasteiger partial charge in [-0.05, 0) is 26.3 Å². The third-order valence-electron chi connectivity index (χ3n) is 1.88. The van der Waals surface area contributed by atoms with Gasteiger partial charge in [0.2, 0.25) is 0 Å². The monoisotopic (exact) mass is 352 g/mol. The van der Waals surface area contributed by atoms with E-state index in [9.17, 15) is 4.79 Å². The number of carbonyl (C=O) groups excluding carboxylic acids is 1. The van der Waals surface area contributed by atoms with Gasteiger partial charge in [-0.25, -0.2) is 4.79 Å². The van der Waals surface area contributed by atoms with E-state index in [0.717, 1.165) is 19.1 Å². The topological polar surface area (TPSA) is 63.2 Å². The molecule has 0 aromatic heterocycles. The molecule has 0 aliphatic heterocycles. The lowest BCUT2D eigenvalue weighted by Gasteiger charge is -2.05. The molecule has 0 N–H and O–H groups in total. The summed E-state index contributed by atoms with van der Waals surface area (Å²) in [4.78, 5) is 10.5. The summed E-state index contributed by atoms with van der Waals surface area (Å²) in [6.45, 7) is 11.8. The van der Waals surface area contributed by atoms with Crippen molar-refractivity contribution < 1.29 is 27.2 Å². The molecule has 0 aromatic rings. The smallest absolute Gasteiger partial charge is 0.463 e. The zero-order valence-electron chi connectivity index (χ0n) is 14.6. The molecular formula is C14H32O6Si2. The maximum absolute atomic E-state index is 10.5. The van der Waals surface area contributed by atoms with E-state index in [2.05, 4.69) is 13.2 Å². The minimum Gasteiger partial charge on any atom is -0.463 e. The maximum Gasteiger partial charge on any atom is 0.483 e. The van der Waals surface area contributed by atoms with Crippen LogP contribution in [0, 0.1) is 0 Å². The summed E-state index contributed by atoms with van der Waals surface area (Å²) in [5.41, 5.74) is 0. The molecule has 22 heavy (non-hydrogen) atoms. The Hall–Kier alpha value is -0.776. The third kappa shape index (κ3) is 27.5. The average Bonchev–Trinajstić information content (AvgIpc) is 2.53. The molecule has 0 bridgehead atoms. The zero-order valence-corrected chi connectivity index (χ0v) is 17.2. The van der Waals surface area contributed by atoms with Crippen molar-refractivity contribution >= 4 is 25.3 Å². The Morgan fingerprint density at radius 2 is 1.68 bits per heavy atom. The van der Waals surface area contributed by atoms with Crippen LogP contribution < -0.4 is 0 Å². The molecule has 0 radical (unpaired) electrons. The summed E-state index contributed by atoms with van der Waals surface area (Å²) in [5.74, 6) is -0.340. The Morgan fingerprint density at radius 1 is 1.18 bits per heavy atom. The molecule has 0 aliphatic carbocycles. The Balaban J connectivity index is -0.000000305. The van der Waals surface area contributed by atoms with Crippen LogP contribution in [0.25, 0.3) is 0 Å². The first-order valence-corrected chi connectivity index (χ1v) is 10.1. The normalized spacial score (nSPS) is 9.55. The van der Waals surface area contributed by atoms with Crippen LogP contribution in [0.5, 0.6) is 0 Å². The minimum absolute atomic E-state index is 0.340. The van der Waals surface area contributed by atoms with E-state index in [-0.39, 0.29) is 15.7 Å². The highest BCUT2D eigenvalue weighted by Crippen LogP contribution is 1.91. The fourth-order valence-corrected chi connectivity index (χ4v) is 2.45. The van der Waals surface area contributed by atoms with E-state index in [1.165, 1.54) is 6.08 Å². The summed E-state index contributed by atoms with van der Waals surface area (Å²) in [6.07, 6.45) is 3.84. The number of rotatable bonds is 10. The van der Waals surface area contributed by atoms with Gasteiger partial charge in [0.15, 0.2) is 9.76 Å². The minimum atomic E-state index is -1.67. The number of esters is 1. The van der Waals surface area contributed by atoms with Gasteiger partial charge in [-0.15, -0.1) is 6.58 Å². The van der Waals surface area contributed by atoms with Crippen LogP contribution in [-0.2, 0) is 27.2 Å². The SMILES string of the molecule is C=CC.C=CC(=O)OCCC[SiH2]OCC.CO[SiH](OC)OC. The van der Waals surface area contributed by atoms with Crippen LogP contribution in [0.2, 0.25) is 6.04 Å². The Bertz CT molecular complexity index is 242. The molecule has 0 heterocycles. The van der Waals surface area contributed by atoms with Crippen molar-refractivity contribution in [1.29, 1.82) is 0 Å². The number of ether oxygens (including phenoxy) is 1. The molecule has 0 unspecified atom stereocenters. The van der Waals surface area contributed by atoms with Crippen LogP contribution in [0.15, 0.2) is 25.3 Å². The first-order valence-electron chi connectivity index (χ1n) is 7.10. The molecule has 0 fully saturated rings. The Labute approximate surface area is 139 Å². The number of carbonyl (C=O) groups is 1. The van der Waals surface area contributed by atoms with Crippen molar-refractivity contribution in [2.45, 2.75) is 26.3 Å². The van der Waals surface area contributed by atoms with Crippen LogP contribution in [0.4, 0.5) is 0 Å². The van der Waals surface area contributed by atoms with E-state index in [1.54, 1.807) is 27.4 Å². The summed E-state index contributed by atoms with van der Waals surface area (Å²) in [6, 6.07) is 1.07. The molecule has 6 nitrogen and oxygen atoms in total. The van der Waals surface area contributed by atoms with Gasteiger partial charge in [-0.3, -0.25) is 0 Å². The fourth-order valence-electron chi connectivity index (χ4n) is 0.971. The van der Waals surface area contributed by atoms with E-state index in [1.807, 2.05) is 13.8 Å². The van der Waals surface area contributed by atoms with Crippen molar-refractivity contribution in [3.05, 3.63) is 25.3 Å². The highest BCUT2D eigenvalue weighted by Gasteiger charge is 2.04. The standard InChI is InChI=1S/C8H16O3Si.C3H10O3Si.C3H6/c1-3-8(9)10-6-5-7-12-11-4-2;1-4-7(5-2)6-3;1-3-2/h3H,1,4-7,12H2,2H3;7H,1-3H3;3H,1H2,2H3. The zero-order chi connectivity index (χ0) is 17.6. The van der Waals surface area contributed by atoms with Crippen molar-refractivity contribution in [1.82, 2.24) is 0 Å². The fraction of sp³-hybridized carbons (Fsp3) is 0.643. The maximum atomic E-state index is 10.5. The van der Waals surface area contributed by atoms with E-state index in [4.69, 9.17) is 22.4 Å². The van der Waals surface area contributed by atoms with Crippen LogP contribution >= 0.6 is 0 Å². The average molecular weight is 353 g/mol. The first kappa shape index (κ1) is 26.1. The molecule has 8 heteroatoms. The van der Waals surface area contributed by atoms with Gasteiger partial charge < -0.3 is 22.4 Å². The van der Waals surface area contributed by atoms with Crippen LogP contribution in [-0.4, -0.2) is 59.8 Å². The number of hydrogen-bond acceptors (Lipinski definition) is 6. The second-order valence-corrected chi connectivity index (χ2v) is 7.19. The summed E-state index contributed by atoms with van der Waals surface area (Å²) in [5, 5.41) is 0. The van der Waals surface area contributed by atoms with E-state index < -0.39 is 9.53 Å². The largest absolute Gasteiger partial charge is 0.483 e. The van der Waals surface area contributed by atoms with Gasteiger partial charge in [0.25, 0.3) is 0 Å². The predicted octanol–water partition coefficient (Wildman–Crippen LogP) is 1.48. The predicted molar refractivity (Wildman–Crippen MR) is 94.8 cm³/mol. The molecule has 0 spiro atoms. The third-order valence-corrected chi connectivity index (χ3v) is 4.52. The van der Waals surface area contributed by atoms with Gasteiger partial charge in [0.05, 0.1) is 6.61 Å². The lowest BCUT2D eigenvalue weighted by atomic mass is 10.5. The summed E-state index contributed by atoms with van der Waals surface area (Å²) < 4.78 is 24.3. The Kier molecular flexibility index (Phi) is 29.9. The lowest BCUT2D eigenvalue weighted by molar-refractivity contribution is -0.137. The quantitative estimate of drug-likeness (QED) is 0.195. The number of hydrogen-bond donors (Lipinski definition) is 0. The molecule has 0 saturated heterocycles. The molecular weight excluding hydrogens is 320 g/mol. The van der Waals surface area contributed by atoms with Crippen molar-refractivity contribution in [2.75, 3.05) is 34.5 Å². The van der Waals surface area contributed by atoms with Gasteiger partial charge in [0.1, 0.15) is 0 Å². The van der Waals surface area contributed by atoms with Crippen molar-refractivity contribution in [3.8, 4) is 0 Å². The van der Waals surface area contributed by atoms with Crippen molar-refractivity contribution in [3.63, 3.8) is 0 Å². The summed E-state index contributed by atoms with van der Waals surface area (Å²) >= 11 is 0. The summed E-state index contributed by atoms with van der Waals surface area (Å²) in [7, 11) is 2.69. The first-order chi connectivity index (χ1) is 10.6. The molecule has 0 aromatic carbocycles. The molecule has 0 aliphatic rings. The van der Waals surface area contributed by atoms with E-state index in [0.29, 0.717) is 6.61 Å². The highest BCUT2D eigenvalue weighted by molar-refractivity contribution is 6.36. The van der Waals surface area contributed by atoms with Crippen molar-refractivity contribution in [2.24, 2.45) is 0 Å². The van der Waals surface area contributed by atoms with E-state index >= 15 is 0 Å². The second kappa shape index (κ2) is 25.2. The second-order valence-electron chi connectivity index (χ2n) is 3.68. The molecule has 0 amide bonds.